The molecule has 2 amide bonds. The quantitative estimate of drug-likeness (QED) is 0.164. The number of nitrogens with one attached hydrogen (secondary N) is 1. The number of hydrogen-bond donors (Lipinski definition) is 1. The maximum Gasteiger partial charge on any atom is 0.264 e. The minimum Gasteiger partial charge on any atom is -0.497 e. The molecule has 4 aromatic carbocycles. The van der Waals surface area contributed by atoms with Gasteiger partial charge in [0.05, 0.1) is 17.7 Å². The molecule has 0 saturated heterocycles. The molecule has 0 aromatic heterocycles. The smallest absolute Gasteiger partial charge is 0.264 e. The number of methoxy groups -OCH3 is 1. The van der Waals surface area contributed by atoms with Crippen LogP contribution in [0.1, 0.15) is 48.8 Å². The van der Waals surface area contributed by atoms with Crippen LogP contribution in [-0.2, 0) is 32.6 Å². The summed E-state index contributed by atoms with van der Waals surface area (Å²) in [5.74, 6) is -0.194. The summed E-state index contributed by atoms with van der Waals surface area (Å²) in [6.07, 6.45) is 5.21. The lowest BCUT2D eigenvalue weighted by Gasteiger charge is -2.35. The number of sulfonamides is 1. The van der Waals surface area contributed by atoms with Crippen LogP contribution in [0.4, 0.5) is 5.69 Å². The number of carbonyl (C=O) groups excluding carboxylic acids is 2. The lowest BCUT2D eigenvalue weighted by Crippen LogP contribution is -2.55. The Morgan fingerprint density at radius 3 is 2.21 bits per heavy atom. The van der Waals surface area contributed by atoms with Crippen LogP contribution in [0.5, 0.6) is 5.75 Å². The number of benzene rings is 4. The molecule has 1 fully saturated rings. The minimum atomic E-state index is -4.22. The molecule has 1 aliphatic carbocycles. The first-order valence-corrected chi connectivity index (χ1v) is 18.1. The van der Waals surface area contributed by atoms with Crippen molar-refractivity contribution < 1.29 is 22.7 Å². The van der Waals surface area contributed by atoms with E-state index in [1.807, 2.05) is 61.5 Å². The lowest BCUT2D eigenvalue weighted by atomic mass is 9.94. The Balaban J connectivity index is 1.58. The van der Waals surface area contributed by atoms with Crippen molar-refractivity contribution in [2.45, 2.75) is 69.0 Å². The molecule has 1 saturated carbocycles. The zero-order chi connectivity index (χ0) is 34.1. The maximum absolute atomic E-state index is 14.7. The van der Waals surface area contributed by atoms with Gasteiger partial charge in [0.2, 0.25) is 11.8 Å². The number of nitrogens with zero attached hydrogens (tertiary/aromatic N) is 2. The van der Waals surface area contributed by atoms with Gasteiger partial charge >= 0.3 is 0 Å². The number of amides is 2. The van der Waals surface area contributed by atoms with Crippen LogP contribution in [0, 0.1) is 6.92 Å². The molecule has 0 radical (unpaired) electrons. The molecule has 8 nitrogen and oxygen atoms in total. The van der Waals surface area contributed by atoms with E-state index >= 15 is 0 Å². The van der Waals surface area contributed by atoms with Crippen LogP contribution in [0.2, 0.25) is 5.02 Å². The van der Waals surface area contributed by atoms with Crippen molar-refractivity contribution >= 4 is 39.1 Å². The van der Waals surface area contributed by atoms with Gasteiger partial charge in [-0.2, -0.15) is 0 Å². The lowest BCUT2D eigenvalue weighted by molar-refractivity contribution is -0.140. The second-order valence-electron chi connectivity index (χ2n) is 12.2. The van der Waals surface area contributed by atoms with Crippen molar-refractivity contribution in [2.24, 2.45) is 0 Å². The molecular formula is C38H42ClN3O5S. The summed E-state index contributed by atoms with van der Waals surface area (Å²) < 4.78 is 34.9. The molecule has 0 bridgehead atoms. The van der Waals surface area contributed by atoms with Crippen molar-refractivity contribution in [2.75, 3.05) is 18.0 Å². The Morgan fingerprint density at radius 2 is 1.54 bits per heavy atom. The van der Waals surface area contributed by atoms with E-state index < -0.39 is 28.5 Å². The fourth-order valence-electron chi connectivity index (χ4n) is 6.05. The summed E-state index contributed by atoms with van der Waals surface area (Å²) in [5.41, 5.74) is 2.63. The fourth-order valence-corrected chi connectivity index (χ4v) is 7.65. The highest BCUT2D eigenvalue weighted by atomic mass is 35.5. The SMILES string of the molecule is COc1cccc(CN(C(=O)CN(c2ccc(C)c(Cl)c2)S(=O)(=O)c2ccccc2)[C@@H](Cc2ccccc2)C(=O)NC2CCCCC2)c1. The van der Waals surface area contributed by atoms with Gasteiger partial charge in [0.25, 0.3) is 10.0 Å². The number of anilines is 1. The third kappa shape index (κ3) is 8.76. The molecule has 0 heterocycles. The topological polar surface area (TPSA) is 96.0 Å². The normalized spacial score (nSPS) is 14.1. The monoisotopic (exact) mass is 687 g/mol. The second kappa shape index (κ2) is 16.2. The third-order valence-corrected chi connectivity index (χ3v) is 11.0. The van der Waals surface area contributed by atoms with Crippen molar-refractivity contribution in [1.29, 1.82) is 0 Å². The van der Waals surface area contributed by atoms with Crippen molar-refractivity contribution in [1.82, 2.24) is 10.2 Å². The van der Waals surface area contributed by atoms with E-state index in [1.54, 1.807) is 43.5 Å². The van der Waals surface area contributed by atoms with Gasteiger partial charge in [-0.25, -0.2) is 8.42 Å². The van der Waals surface area contributed by atoms with Gasteiger partial charge in [0.1, 0.15) is 18.3 Å². The number of ether oxygens (including phenoxy) is 1. The van der Waals surface area contributed by atoms with Gasteiger partial charge in [-0.05, 0) is 72.9 Å². The molecule has 1 N–H and O–H groups in total. The van der Waals surface area contributed by atoms with Gasteiger partial charge in [-0.3, -0.25) is 13.9 Å². The largest absolute Gasteiger partial charge is 0.497 e. The van der Waals surface area contributed by atoms with Crippen LogP contribution < -0.4 is 14.4 Å². The Labute approximate surface area is 288 Å². The zero-order valence-corrected chi connectivity index (χ0v) is 28.9. The van der Waals surface area contributed by atoms with Crippen LogP contribution >= 0.6 is 11.6 Å². The average molecular weight is 688 g/mol. The van der Waals surface area contributed by atoms with Gasteiger partial charge in [0, 0.05) is 24.0 Å². The summed E-state index contributed by atoms with van der Waals surface area (Å²) in [6, 6.07) is 28.8. The minimum absolute atomic E-state index is 0.0166. The Hall–Kier alpha value is -4.34. The van der Waals surface area contributed by atoms with E-state index in [1.165, 1.54) is 17.0 Å². The van der Waals surface area contributed by atoms with Crippen LogP contribution in [0.3, 0.4) is 0 Å². The first-order valence-electron chi connectivity index (χ1n) is 16.3. The Kier molecular flexibility index (Phi) is 11.8. The van der Waals surface area contributed by atoms with E-state index in [-0.39, 0.29) is 35.5 Å². The summed E-state index contributed by atoms with van der Waals surface area (Å²) in [6.45, 7) is 1.32. The molecular weight excluding hydrogens is 646 g/mol. The molecule has 5 rings (SSSR count). The summed E-state index contributed by atoms with van der Waals surface area (Å²) in [5, 5.41) is 3.60. The molecule has 10 heteroatoms. The highest BCUT2D eigenvalue weighted by molar-refractivity contribution is 7.92. The van der Waals surface area contributed by atoms with Crippen molar-refractivity contribution in [3.63, 3.8) is 0 Å². The van der Waals surface area contributed by atoms with E-state index in [0.29, 0.717) is 10.8 Å². The van der Waals surface area contributed by atoms with E-state index in [0.717, 1.165) is 53.1 Å². The summed E-state index contributed by atoms with van der Waals surface area (Å²) in [7, 11) is -2.65. The van der Waals surface area contributed by atoms with Gasteiger partial charge < -0.3 is 15.0 Å². The number of aryl methyl sites for hydroxylation is 1. The second-order valence-corrected chi connectivity index (χ2v) is 14.4. The first kappa shape index (κ1) is 35.0. The molecule has 0 aliphatic heterocycles. The van der Waals surface area contributed by atoms with Crippen molar-refractivity contribution in [3.05, 3.63) is 125 Å². The average Bonchev–Trinajstić information content (AvgIpc) is 3.11. The van der Waals surface area contributed by atoms with Crippen molar-refractivity contribution in [3.8, 4) is 5.75 Å². The fraction of sp³-hybridized carbons (Fsp3) is 0.316. The highest BCUT2D eigenvalue weighted by Gasteiger charge is 2.35. The number of carbonyl (C=O) groups is 2. The zero-order valence-electron chi connectivity index (χ0n) is 27.3. The van der Waals surface area contributed by atoms with Gasteiger partial charge in [-0.1, -0.05) is 97.6 Å². The van der Waals surface area contributed by atoms with Gasteiger partial charge in [0.15, 0.2) is 0 Å². The van der Waals surface area contributed by atoms with Crippen LogP contribution in [0.25, 0.3) is 0 Å². The molecule has 48 heavy (non-hydrogen) atoms. The highest BCUT2D eigenvalue weighted by Crippen LogP contribution is 2.29. The molecule has 1 aliphatic rings. The molecule has 4 aromatic rings. The van der Waals surface area contributed by atoms with Crippen LogP contribution in [-0.4, -0.2) is 50.9 Å². The number of halogens is 1. The van der Waals surface area contributed by atoms with Gasteiger partial charge in [-0.15, -0.1) is 0 Å². The predicted octanol–water partition coefficient (Wildman–Crippen LogP) is 6.94. The molecule has 0 unspecified atom stereocenters. The van der Waals surface area contributed by atoms with Crippen LogP contribution in [0.15, 0.2) is 108 Å². The Morgan fingerprint density at radius 1 is 0.875 bits per heavy atom. The number of rotatable bonds is 13. The Bertz CT molecular complexity index is 1800. The van der Waals surface area contributed by atoms with E-state index in [4.69, 9.17) is 16.3 Å². The molecule has 0 spiro atoms. The standard InChI is InChI=1S/C38H42ClN3O5S/c1-28-21-22-32(25-35(28)39)42(48(45,46)34-19-10-5-11-20-34)27-37(43)41(26-30-15-12-18-33(23-30)47-2)36(24-29-13-6-3-7-14-29)38(44)40-31-16-8-4-9-17-31/h3,5-7,10-15,18-23,25,31,36H,4,8-9,16-17,24,26-27H2,1-2H3,(H,40,44)/t36-/m0/s1. The summed E-state index contributed by atoms with van der Waals surface area (Å²) in [4.78, 5) is 30.5. The molecule has 1 atom stereocenters. The maximum atomic E-state index is 14.7. The molecule has 252 valence electrons. The first-order chi connectivity index (χ1) is 23.2. The van der Waals surface area contributed by atoms with E-state index in [9.17, 15) is 18.0 Å². The number of hydrogen-bond acceptors (Lipinski definition) is 5. The van der Waals surface area contributed by atoms with E-state index in [2.05, 4.69) is 5.32 Å². The summed E-state index contributed by atoms with van der Waals surface area (Å²) >= 11 is 6.48. The predicted molar refractivity (Wildman–Crippen MR) is 190 cm³/mol. The third-order valence-electron chi connectivity index (χ3n) is 8.76.